The number of para-hydroxylation sites is 3. The van der Waals surface area contributed by atoms with Crippen LogP contribution < -0.4 is 4.90 Å². The van der Waals surface area contributed by atoms with Gasteiger partial charge in [0.2, 0.25) is 0 Å². The fraction of sp³-hybridized carbons (Fsp3) is 0.261. The molecule has 0 spiro atoms. The van der Waals surface area contributed by atoms with Gasteiger partial charge in [-0.05, 0) is 202 Å². The van der Waals surface area contributed by atoms with Crippen LogP contribution in [0.5, 0.6) is 0 Å². The first-order valence-corrected chi connectivity index (χ1v) is 34.7. The van der Waals surface area contributed by atoms with Gasteiger partial charge in [0, 0.05) is 65.7 Å². The number of nitrogens with zero attached hydrogens (tertiary/aromatic N) is 3. The van der Waals surface area contributed by atoms with Crippen molar-refractivity contribution in [1.29, 1.82) is 0 Å². The van der Waals surface area contributed by atoms with Crippen LogP contribution >= 0.6 is 0 Å². The molecule has 5 heterocycles. The van der Waals surface area contributed by atoms with E-state index >= 15 is 0 Å². The van der Waals surface area contributed by atoms with Gasteiger partial charge >= 0.3 is 0 Å². The molecule has 11 aromatic carbocycles. The van der Waals surface area contributed by atoms with Crippen molar-refractivity contribution in [2.24, 2.45) is 0 Å². The lowest BCUT2D eigenvalue weighted by Gasteiger charge is -2.26. The van der Waals surface area contributed by atoms with Crippen molar-refractivity contribution in [3.05, 3.63) is 246 Å². The summed E-state index contributed by atoms with van der Waals surface area (Å²) in [6, 6.07) is 81.7. The van der Waals surface area contributed by atoms with Crippen LogP contribution in [0.3, 0.4) is 0 Å². The Morgan fingerprint density at radius 2 is 0.594 bits per heavy atom. The van der Waals surface area contributed by atoms with Crippen LogP contribution in [0.15, 0.2) is 217 Å². The van der Waals surface area contributed by atoms with Crippen LogP contribution in [0.4, 0.5) is 17.1 Å². The first kappa shape index (κ1) is 61.2. The molecule has 0 aliphatic rings. The van der Waals surface area contributed by atoms with E-state index in [0.29, 0.717) is 0 Å². The zero-order valence-electron chi connectivity index (χ0n) is 59.5. The highest BCUT2D eigenvalue weighted by atomic mass is 16.3. The lowest BCUT2D eigenvalue weighted by Crippen LogP contribution is -2.16. The van der Waals surface area contributed by atoms with Gasteiger partial charge in [-0.15, -0.1) is 0 Å². The van der Waals surface area contributed by atoms with Gasteiger partial charge in [-0.2, -0.15) is 0 Å². The van der Waals surface area contributed by atoms with Gasteiger partial charge < -0.3 is 18.1 Å². The Morgan fingerprint density at radius 3 is 1.02 bits per heavy atom. The summed E-state index contributed by atoms with van der Waals surface area (Å²) >= 11 is 0. The van der Waals surface area contributed by atoms with Crippen molar-refractivity contribution >= 4 is 104 Å². The Morgan fingerprint density at radius 1 is 0.260 bits per heavy atom. The third kappa shape index (κ3) is 9.82. The van der Waals surface area contributed by atoms with Crippen LogP contribution in [-0.2, 0) is 32.5 Å². The Balaban J connectivity index is 1.08. The minimum absolute atomic E-state index is 0.0650. The minimum Gasteiger partial charge on any atom is -0.454 e. The quantitative estimate of drug-likeness (QED) is 0.159. The molecular formula is C92H89N3O. The zero-order chi connectivity index (χ0) is 67.2. The molecule has 0 radical (unpaired) electrons. The highest BCUT2D eigenvalue weighted by Crippen LogP contribution is 2.53. The molecular weight excluding hydrogens is 1160 g/mol. The third-order valence-electron chi connectivity index (χ3n) is 21.0. The normalized spacial score (nSPS) is 13.3. The highest BCUT2D eigenvalue weighted by Gasteiger charge is 2.32. The summed E-state index contributed by atoms with van der Waals surface area (Å²) < 4.78 is 12.3. The topological polar surface area (TPSA) is 25.2 Å². The number of fused-ring (bicyclic) bond motifs is 15. The summed E-state index contributed by atoms with van der Waals surface area (Å²) in [6.45, 7) is 42.3. The first-order valence-electron chi connectivity index (χ1n) is 34.7. The summed E-state index contributed by atoms with van der Waals surface area (Å²) in [5.74, 6) is 0. The number of rotatable bonds is 7. The number of anilines is 3. The monoisotopic (exact) mass is 1250 g/mol. The second kappa shape index (κ2) is 20.9. The molecule has 0 aliphatic heterocycles. The van der Waals surface area contributed by atoms with E-state index in [4.69, 9.17) is 4.42 Å². The fourth-order valence-electron chi connectivity index (χ4n) is 15.3. The van der Waals surface area contributed by atoms with Crippen molar-refractivity contribution < 1.29 is 4.42 Å². The fourth-order valence-corrected chi connectivity index (χ4v) is 15.3. The molecule has 0 bridgehead atoms. The van der Waals surface area contributed by atoms with Crippen molar-refractivity contribution in [1.82, 2.24) is 8.80 Å². The summed E-state index contributed by atoms with van der Waals surface area (Å²) in [7, 11) is 0. The molecule has 4 heteroatoms. The van der Waals surface area contributed by atoms with Gasteiger partial charge in [0.25, 0.3) is 0 Å². The van der Waals surface area contributed by atoms with E-state index in [9.17, 15) is 0 Å². The maximum Gasteiger partial charge on any atom is 0.161 e. The maximum absolute atomic E-state index is 7.08. The molecule has 16 aromatic rings. The standard InChI is InChI=1S/C92H89N3O/c1-87(2,3)61-39-55(40-62(51-61)88(4,5)6)58-45-71(54-33-35-69(36-34-54)93(67-27-21-19-22-28-67)68-29-23-20-24-30-68)82-72(46-58)73-47-59(56-41-63(89(7,8)9)52-64(42-56)90(10,11)12)48-74-80-77(94(82)83(73)74)37-38-78-81(80)75-49-60(57-43-65(91(13,14)15)53-66(44-57)92(16,17)18)50-76-84(75)95(78)85-70-31-25-26-32-79(70)96-86(76)85/h19-53H,1-18H3. The van der Waals surface area contributed by atoms with E-state index in [-0.39, 0.29) is 32.5 Å². The molecule has 0 amide bonds. The van der Waals surface area contributed by atoms with E-state index in [1.54, 1.807) is 0 Å². The van der Waals surface area contributed by atoms with Crippen molar-refractivity contribution in [2.75, 3.05) is 4.90 Å². The lowest BCUT2D eigenvalue weighted by molar-refractivity contribution is 0.568. The summed E-state index contributed by atoms with van der Waals surface area (Å²) in [5, 5.41) is 9.75. The van der Waals surface area contributed by atoms with Crippen molar-refractivity contribution in [3.8, 4) is 44.5 Å². The average molecular weight is 1250 g/mol. The highest BCUT2D eigenvalue weighted by molar-refractivity contribution is 6.37. The van der Waals surface area contributed by atoms with E-state index in [1.807, 2.05) is 0 Å². The Labute approximate surface area is 566 Å². The number of benzene rings is 11. The maximum atomic E-state index is 7.08. The van der Waals surface area contributed by atoms with Crippen LogP contribution in [0, 0.1) is 0 Å². The van der Waals surface area contributed by atoms with Gasteiger partial charge in [0.15, 0.2) is 5.58 Å². The smallest absolute Gasteiger partial charge is 0.161 e. The van der Waals surface area contributed by atoms with E-state index < -0.39 is 0 Å². The molecule has 478 valence electrons. The SMILES string of the molecule is CC(C)(C)c1cc(-c2cc(-c3ccc(N(c4ccccc4)c4ccccc4)cc3)c3c(c2)c2cc(-c4cc(C(C)(C)C)cc(C(C)(C)C)c4)cc4c5c6c7cc(-c8cc(C(C)(C)C)cc(C(C)(C)C)c8)cc8c9oc%10ccccc%10c9n(c6ccc5n3c24)c87)cc(C(C)(C)C)c1. The number of hydrogen-bond donors (Lipinski definition) is 0. The predicted octanol–water partition coefficient (Wildman–Crippen LogP) is 26.7. The Bertz CT molecular complexity index is 5650. The van der Waals surface area contributed by atoms with Gasteiger partial charge in [0.05, 0.1) is 27.6 Å². The van der Waals surface area contributed by atoms with Gasteiger partial charge in [0.1, 0.15) is 11.1 Å². The molecule has 5 aromatic heterocycles. The van der Waals surface area contributed by atoms with E-state index in [2.05, 4.69) is 351 Å². The molecule has 0 saturated carbocycles. The number of hydrogen-bond acceptors (Lipinski definition) is 2. The Kier molecular flexibility index (Phi) is 13.4. The van der Waals surface area contributed by atoms with E-state index in [1.165, 1.54) is 132 Å². The molecule has 0 atom stereocenters. The zero-order valence-corrected chi connectivity index (χ0v) is 59.5. The predicted molar refractivity (Wildman–Crippen MR) is 414 cm³/mol. The molecule has 4 nitrogen and oxygen atoms in total. The van der Waals surface area contributed by atoms with Gasteiger partial charge in [-0.3, -0.25) is 0 Å². The molecule has 96 heavy (non-hydrogen) atoms. The van der Waals surface area contributed by atoms with Crippen LogP contribution in [0.2, 0.25) is 0 Å². The number of aromatic nitrogens is 2. The summed E-state index contributed by atoms with van der Waals surface area (Å²) in [6.07, 6.45) is 0. The Hall–Kier alpha value is -9.64. The van der Waals surface area contributed by atoms with Gasteiger partial charge in [-0.1, -0.05) is 240 Å². The molecule has 0 N–H and O–H groups in total. The number of furan rings is 1. The van der Waals surface area contributed by atoms with Crippen molar-refractivity contribution in [3.63, 3.8) is 0 Å². The molecule has 0 saturated heterocycles. The van der Waals surface area contributed by atoms with Crippen molar-refractivity contribution in [2.45, 2.75) is 157 Å². The average Bonchev–Trinajstić information content (AvgIpc) is 1.50. The first-order chi connectivity index (χ1) is 45.4. The molecule has 0 aliphatic carbocycles. The minimum atomic E-state index is -0.0844. The summed E-state index contributed by atoms with van der Waals surface area (Å²) in [4.78, 5) is 2.37. The van der Waals surface area contributed by atoms with Crippen LogP contribution in [-0.4, -0.2) is 8.80 Å². The third-order valence-corrected chi connectivity index (χ3v) is 21.0. The molecule has 0 fully saturated rings. The van der Waals surface area contributed by atoms with Gasteiger partial charge in [-0.25, -0.2) is 0 Å². The second-order valence-electron chi connectivity index (χ2n) is 34.0. The lowest BCUT2D eigenvalue weighted by atomic mass is 9.78. The van der Waals surface area contributed by atoms with Crippen LogP contribution in [0.1, 0.15) is 158 Å². The van der Waals surface area contributed by atoms with Crippen LogP contribution in [0.25, 0.3) is 132 Å². The second-order valence-corrected chi connectivity index (χ2v) is 34.0. The summed E-state index contributed by atoms with van der Waals surface area (Å²) in [5.41, 5.74) is 29.5. The van der Waals surface area contributed by atoms with E-state index in [0.717, 1.165) is 50.1 Å². The molecule has 16 rings (SSSR count). The largest absolute Gasteiger partial charge is 0.454 e. The molecule has 0 unspecified atom stereocenters.